The standard InChI is InChI=1S/C19H20FN5O3S2/c20-13-3-5-14(6-4-13)25-10-12(9-15(25)26)17(28)21-18-22-23-19(30-18)29-11-16(27)24-7-1-2-8-24/h3-6,12H,1-2,7-11H2,(H,21,22,28)/t12-/m1/s1. The molecule has 2 aliphatic heterocycles. The summed E-state index contributed by atoms with van der Waals surface area (Å²) in [7, 11) is 0. The first-order valence-electron chi connectivity index (χ1n) is 9.60. The molecule has 3 amide bonds. The molecular weight excluding hydrogens is 429 g/mol. The molecule has 0 aliphatic carbocycles. The molecule has 0 spiro atoms. The highest BCUT2D eigenvalue weighted by atomic mass is 32.2. The van der Waals surface area contributed by atoms with E-state index in [1.54, 1.807) is 0 Å². The van der Waals surface area contributed by atoms with Crippen LogP contribution in [0.4, 0.5) is 15.2 Å². The Kier molecular flexibility index (Phi) is 6.28. The lowest BCUT2D eigenvalue weighted by molar-refractivity contribution is -0.127. The number of rotatable bonds is 6. The number of nitrogens with zero attached hydrogens (tertiary/aromatic N) is 4. The summed E-state index contributed by atoms with van der Waals surface area (Å²) in [5.74, 6) is -1.02. The van der Waals surface area contributed by atoms with Crippen LogP contribution < -0.4 is 10.2 Å². The third kappa shape index (κ3) is 4.78. The zero-order chi connectivity index (χ0) is 21.1. The molecular formula is C19H20FN5O3S2. The summed E-state index contributed by atoms with van der Waals surface area (Å²) in [6.45, 7) is 1.85. The molecule has 11 heteroatoms. The Bertz CT molecular complexity index is 946. The van der Waals surface area contributed by atoms with Crippen LogP contribution in [0.15, 0.2) is 28.6 Å². The Hall–Kier alpha value is -2.53. The van der Waals surface area contributed by atoms with Crippen molar-refractivity contribution in [3.8, 4) is 0 Å². The van der Waals surface area contributed by atoms with E-state index in [0.717, 1.165) is 25.9 Å². The van der Waals surface area contributed by atoms with Crippen molar-refractivity contribution < 1.29 is 18.8 Å². The van der Waals surface area contributed by atoms with E-state index >= 15 is 0 Å². The summed E-state index contributed by atoms with van der Waals surface area (Å²) in [6, 6.07) is 5.60. The Morgan fingerprint density at radius 3 is 2.67 bits per heavy atom. The second-order valence-electron chi connectivity index (χ2n) is 7.12. The zero-order valence-electron chi connectivity index (χ0n) is 16.0. The van der Waals surface area contributed by atoms with Crippen molar-refractivity contribution in [3.05, 3.63) is 30.1 Å². The predicted molar refractivity (Wildman–Crippen MR) is 112 cm³/mol. The van der Waals surface area contributed by atoms with Crippen LogP contribution in [-0.4, -0.2) is 58.2 Å². The molecule has 1 aromatic heterocycles. The van der Waals surface area contributed by atoms with Gasteiger partial charge in [-0.3, -0.25) is 14.4 Å². The average molecular weight is 450 g/mol. The van der Waals surface area contributed by atoms with E-state index in [1.165, 1.54) is 52.3 Å². The number of hydrogen-bond acceptors (Lipinski definition) is 7. The van der Waals surface area contributed by atoms with Crippen molar-refractivity contribution in [1.29, 1.82) is 0 Å². The Morgan fingerprint density at radius 2 is 1.93 bits per heavy atom. The molecule has 2 fully saturated rings. The van der Waals surface area contributed by atoms with Crippen molar-refractivity contribution in [1.82, 2.24) is 15.1 Å². The minimum absolute atomic E-state index is 0.0773. The summed E-state index contributed by atoms with van der Waals surface area (Å²) < 4.78 is 13.7. The lowest BCUT2D eigenvalue weighted by atomic mass is 10.1. The summed E-state index contributed by atoms with van der Waals surface area (Å²) in [5.41, 5.74) is 0.564. The largest absolute Gasteiger partial charge is 0.342 e. The van der Waals surface area contributed by atoms with Gasteiger partial charge in [-0.15, -0.1) is 10.2 Å². The van der Waals surface area contributed by atoms with E-state index in [-0.39, 0.29) is 36.5 Å². The van der Waals surface area contributed by atoms with Gasteiger partial charge in [0.1, 0.15) is 5.82 Å². The number of halogens is 1. The molecule has 3 heterocycles. The molecule has 1 aromatic carbocycles. The van der Waals surface area contributed by atoms with E-state index in [1.807, 2.05) is 4.90 Å². The first kappa shape index (κ1) is 20.7. The molecule has 0 radical (unpaired) electrons. The molecule has 0 unspecified atom stereocenters. The number of thioether (sulfide) groups is 1. The molecule has 4 rings (SSSR count). The van der Waals surface area contributed by atoms with Crippen LogP contribution in [0.2, 0.25) is 0 Å². The summed E-state index contributed by atoms with van der Waals surface area (Å²) >= 11 is 2.51. The molecule has 1 atom stereocenters. The second-order valence-corrected chi connectivity index (χ2v) is 9.32. The molecule has 2 saturated heterocycles. The number of aromatic nitrogens is 2. The fourth-order valence-electron chi connectivity index (χ4n) is 3.46. The third-order valence-corrected chi connectivity index (χ3v) is 7.01. The summed E-state index contributed by atoms with van der Waals surface area (Å²) in [6.07, 6.45) is 2.18. The van der Waals surface area contributed by atoms with Crippen LogP contribution in [-0.2, 0) is 14.4 Å². The maximum atomic E-state index is 13.1. The summed E-state index contributed by atoms with van der Waals surface area (Å²) in [5, 5.41) is 11.0. The highest BCUT2D eigenvalue weighted by Crippen LogP contribution is 2.29. The smallest absolute Gasteiger partial charge is 0.233 e. The first-order valence-corrected chi connectivity index (χ1v) is 11.4. The van der Waals surface area contributed by atoms with E-state index in [0.29, 0.717) is 20.9 Å². The number of carbonyl (C=O) groups is 3. The van der Waals surface area contributed by atoms with Gasteiger partial charge in [0.25, 0.3) is 0 Å². The number of anilines is 2. The number of benzene rings is 1. The SMILES string of the molecule is O=C(Nc1nnc(SCC(=O)N2CCCC2)s1)[C@@H]1CC(=O)N(c2ccc(F)cc2)C1. The first-order chi connectivity index (χ1) is 14.5. The number of hydrogen-bond donors (Lipinski definition) is 1. The molecule has 8 nitrogen and oxygen atoms in total. The van der Waals surface area contributed by atoms with E-state index in [2.05, 4.69) is 15.5 Å². The van der Waals surface area contributed by atoms with E-state index in [4.69, 9.17) is 0 Å². The number of amides is 3. The van der Waals surface area contributed by atoms with Crippen molar-refractivity contribution in [2.24, 2.45) is 5.92 Å². The fraction of sp³-hybridized carbons (Fsp3) is 0.421. The Labute approximate surface area is 180 Å². The quantitative estimate of drug-likeness (QED) is 0.537. The van der Waals surface area contributed by atoms with Crippen LogP contribution in [0.3, 0.4) is 0 Å². The lowest BCUT2D eigenvalue weighted by Crippen LogP contribution is -2.29. The van der Waals surface area contributed by atoms with Crippen molar-refractivity contribution in [2.75, 3.05) is 35.6 Å². The molecule has 1 N–H and O–H groups in total. The van der Waals surface area contributed by atoms with Gasteiger partial charge in [-0.25, -0.2) is 4.39 Å². The van der Waals surface area contributed by atoms with Gasteiger partial charge in [0.15, 0.2) is 4.34 Å². The van der Waals surface area contributed by atoms with Crippen LogP contribution in [0.25, 0.3) is 0 Å². The Morgan fingerprint density at radius 1 is 1.20 bits per heavy atom. The van der Waals surface area contributed by atoms with Crippen LogP contribution in [0.5, 0.6) is 0 Å². The predicted octanol–water partition coefficient (Wildman–Crippen LogP) is 2.38. The third-order valence-electron chi connectivity index (χ3n) is 5.05. The maximum absolute atomic E-state index is 13.1. The highest BCUT2D eigenvalue weighted by molar-refractivity contribution is 8.01. The molecule has 30 heavy (non-hydrogen) atoms. The monoisotopic (exact) mass is 449 g/mol. The normalized spacial score (nSPS) is 18.8. The van der Waals surface area contributed by atoms with E-state index < -0.39 is 5.92 Å². The van der Waals surface area contributed by atoms with Gasteiger partial charge < -0.3 is 15.1 Å². The fourth-order valence-corrected chi connectivity index (χ4v) is 5.12. The molecule has 0 bridgehead atoms. The summed E-state index contributed by atoms with van der Waals surface area (Å²) in [4.78, 5) is 40.3. The zero-order valence-corrected chi connectivity index (χ0v) is 17.7. The second kappa shape index (κ2) is 9.09. The van der Waals surface area contributed by atoms with Crippen LogP contribution in [0.1, 0.15) is 19.3 Å². The van der Waals surface area contributed by atoms with Gasteiger partial charge in [-0.2, -0.15) is 0 Å². The Balaban J connectivity index is 1.29. The topological polar surface area (TPSA) is 95.5 Å². The van der Waals surface area contributed by atoms with Gasteiger partial charge in [-0.05, 0) is 37.1 Å². The van der Waals surface area contributed by atoms with Crippen molar-refractivity contribution in [3.63, 3.8) is 0 Å². The van der Waals surface area contributed by atoms with Crippen molar-refractivity contribution in [2.45, 2.75) is 23.6 Å². The van der Waals surface area contributed by atoms with E-state index in [9.17, 15) is 18.8 Å². The minimum Gasteiger partial charge on any atom is -0.342 e. The lowest BCUT2D eigenvalue weighted by Gasteiger charge is -2.16. The maximum Gasteiger partial charge on any atom is 0.233 e. The molecule has 2 aromatic rings. The molecule has 0 saturated carbocycles. The number of carbonyl (C=O) groups excluding carboxylic acids is 3. The average Bonchev–Trinajstić information content (AvgIpc) is 3.48. The highest BCUT2D eigenvalue weighted by Gasteiger charge is 2.35. The van der Waals surface area contributed by atoms with Gasteiger partial charge in [0.2, 0.25) is 22.9 Å². The van der Waals surface area contributed by atoms with Gasteiger partial charge in [0, 0.05) is 31.7 Å². The molecule has 2 aliphatic rings. The van der Waals surface area contributed by atoms with Gasteiger partial charge >= 0.3 is 0 Å². The van der Waals surface area contributed by atoms with Gasteiger partial charge in [0.05, 0.1) is 11.7 Å². The van der Waals surface area contributed by atoms with Gasteiger partial charge in [-0.1, -0.05) is 23.1 Å². The number of nitrogens with one attached hydrogen (secondary N) is 1. The van der Waals surface area contributed by atoms with Crippen LogP contribution >= 0.6 is 23.1 Å². The number of likely N-dealkylation sites (tertiary alicyclic amines) is 1. The van der Waals surface area contributed by atoms with Crippen LogP contribution in [0, 0.1) is 11.7 Å². The molecule has 158 valence electrons. The minimum atomic E-state index is -0.528. The van der Waals surface area contributed by atoms with Crippen molar-refractivity contribution >= 4 is 51.6 Å².